The molecule has 194 valence electrons. The van der Waals surface area contributed by atoms with E-state index in [1.165, 1.54) is 0 Å². The second-order valence-corrected chi connectivity index (χ2v) is 11.4. The Hall–Kier alpha value is -2.22. The molecule has 1 atom stereocenters. The molecule has 0 radical (unpaired) electrons. The van der Waals surface area contributed by atoms with Crippen molar-refractivity contribution in [3.05, 3.63) is 51.3 Å². The minimum Gasteiger partial charge on any atom is -0.493 e. The van der Waals surface area contributed by atoms with Crippen molar-refractivity contribution in [1.29, 1.82) is 0 Å². The maximum atomic E-state index is 12.5. The van der Waals surface area contributed by atoms with Crippen molar-refractivity contribution in [2.24, 2.45) is 5.92 Å². The van der Waals surface area contributed by atoms with Crippen molar-refractivity contribution >= 4 is 28.0 Å². The van der Waals surface area contributed by atoms with Crippen molar-refractivity contribution in [1.82, 2.24) is 4.98 Å². The van der Waals surface area contributed by atoms with Crippen LogP contribution in [0, 0.1) is 12.8 Å². The normalized spacial score (nSPS) is 17.6. The number of carboxylic acids is 1. The van der Waals surface area contributed by atoms with Gasteiger partial charge >= 0.3 is 5.97 Å². The Balaban J connectivity index is 1.81. The van der Waals surface area contributed by atoms with Crippen LogP contribution >= 0.6 is 15.9 Å². The molecule has 2 aromatic rings. The number of ether oxygens (including phenoxy) is 3. The molecule has 2 aliphatic rings. The zero-order valence-corrected chi connectivity index (χ0v) is 23.2. The van der Waals surface area contributed by atoms with Crippen LogP contribution < -0.4 is 4.74 Å². The van der Waals surface area contributed by atoms with Gasteiger partial charge in [-0.1, -0.05) is 12.1 Å². The zero-order chi connectivity index (χ0) is 25.9. The van der Waals surface area contributed by atoms with Gasteiger partial charge in [0.1, 0.15) is 5.75 Å². The fraction of sp³-hybridized carbons (Fsp3) is 0.517. The van der Waals surface area contributed by atoms with Gasteiger partial charge in [-0.2, -0.15) is 0 Å². The van der Waals surface area contributed by atoms with Crippen LogP contribution in [0.1, 0.15) is 75.1 Å². The van der Waals surface area contributed by atoms with Gasteiger partial charge in [0.25, 0.3) is 0 Å². The monoisotopic (exact) mass is 557 g/mol. The highest BCUT2D eigenvalue weighted by molar-refractivity contribution is 9.10. The number of nitrogens with zero attached hydrogens (tertiary/aromatic N) is 1. The number of carbonyl (C=O) groups is 1. The molecule has 2 aliphatic heterocycles. The number of hydrogen-bond acceptors (Lipinski definition) is 5. The van der Waals surface area contributed by atoms with E-state index in [9.17, 15) is 9.90 Å². The van der Waals surface area contributed by atoms with E-state index in [1.807, 2.05) is 45.9 Å². The third kappa shape index (κ3) is 6.36. The van der Waals surface area contributed by atoms with Crippen LogP contribution in [0.2, 0.25) is 0 Å². The minimum atomic E-state index is -1.16. The Labute approximate surface area is 222 Å². The molecule has 0 bridgehead atoms. The van der Waals surface area contributed by atoms with Crippen molar-refractivity contribution in [2.45, 2.75) is 71.5 Å². The van der Waals surface area contributed by atoms with Gasteiger partial charge in [0.05, 0.1) is 22.4 Å². The fourth-order valence-corrected chi connectivity index (χ4v) is 5.55. The molecule has 6 nitrogen and oxygen atoms in total. The second-order valence-electron chi connectivity index (χ2n) is 10.6. The number of benzene rings is 1. The SMILES string of the molecule is Cc1nc(C=CCC2CCOCC2)c(Br)c(-c2ccc3c(c2)CCCO3)c1C(OC(C)(C)C)C(=O)O. The van der Waals surface area contributed by atoms with Crippen molar-refractivity contribution < 1.29 is 24.1 Å². The summed E-state index contributed by atoms with van der Waals surface area (Å²) >= 11 is 3.81. The van der Waals surface area contributed by atoms with Gasteiger partial charge < -0.3 is 19.3 Å². The molecule has 0 spiro atoms. The summed E-state index contributed by atoms with van der Waals surface area (Å²) in [5.74, 6) is 0.476. The number of halogens is 1. The predicted octanol–water partition coefficient (Wildman–Crippen LogP) is 6.92. The summed E-state index contributed by atoms with van der Waals surface area (Å²) in [4.78, 5) is 17.3. The summed E-state index contributed by atoms with van der Waals surface area (Å²) in [5, 5.41) is 10.2. The minimum absolute atomic E-state index is 0.572. The van der Waals surface area contributed by atoms with Gasteiger partial charge in [0.2, 0.25) is 0 Å². The molecule has 1 aromatic carbocycles. The molecular weight excluding hydrogens is 522 g/mol. The van der Waals surface area contributed by atoms with Crippen LogP contribution in [0.25, 0.3) is 17.2 Å². The fourth-order valence-electron chi connectivity index (χ4n) is 4.89. The van der Waals surface area contributed by atoms with Crippen LogP contribution in [-0.4, -0.2) is 41.5 Å². The van der Waals surface area contributed by atoms with E-state index in [0.717, 1.165) is 84.5 Å². The van der Waals surface area contributed by atoms with Crippen LogP contribution in [0.4, 0.5) is 0 Å². The predicted molar refractivity (Wildman–Crippen MR) is 144 cm³/mol. The first-order chi connectivity index (χ1) is 17.1. The second kappa shape index (κ2) is 11.4. The summed E-state index contributed by atoms with van der Waals surface area (Å²) in [7, 11) is 0. The maximum absolute atomic E-state index is 12.5. The third-order valence-corrected chi connectivity index (χ3v) is 7.44. The number of aryl methyl sites for hydroxylation is 2. The summed E-state index contributed by atoms with van der Waals surface area (Å²) in [5.41, 5.74) is 4.21. The molecule has 1 aromatic heterocycles. The van der Waals surface area contributed by atoms with Gasteiger partial charge in [-0.25, -0.2) is 4.79 Å². The molecule has 0 aliphatic carbocycles. The molecule has 1 saturated heterocycles. The van der Waals surface area contributed by atoms with E-state index in [4.69, 9.17) is 19.2 Å². The maximum Gasteiger partial charge on any atom is 0.337 e. The third-order valence-electron chi connectivity index (χ3n) is 6.63. The molecule has 1 N–H and O–H groups in total. The van der Waals surface area contributed by atoms with Crippen molar-refractivity contribution in [3.63, 3.8) is 0 Å². The number of pyridine rings is 1. The molecule has 4 rings (SSSR count). The summed E-state index contributed by atoms with van der Waals surface area (Å²) in [6, 6.07) is 6.10. The molecule has 1 unspecified atom stereocenters. The van der Waals surface area contributed by atoms with E-state index < -0.39 is 17.7 Å². The zero-order valence-electron chi connectivity index (χ0n) is 21.6. The van der Waals surface area contributed by atoms with Gasteiger partial charge in [0, 0.05) is 30.0 Å². The van der Waals surface area contributed by atoms with Crippen LogP contribution in [0.3, 0.4) is 0 Å². The first-order valence-electron chi connectivity index (χ1n) is 12.7. The Morgan fingerprint density at radius 1 is 1.28 bits per heavy atom. The summed E-state index contributed by atoms with van der Waals surface area (Å²) < 4.78 is 18.2. The average molecular weight is 559 g/mol. The number of carboxylic acid groups (broad SMARTS) is 1. The molecule has 3 heterocycles. The van der Waals surface area contributed by atoms with E-state index in [0.29, 0.717) is 17.2 Å². The van der Waals surface area contributed by atoms with E-state index in [-0.39, 0.29) is 0 Å². The lowest BCUT2D eigenvalue weighted by Crippen LogP contribution is -2.28. The Morgan fingerprint density at radius 3 is 2.72 bits per heavy atom. The van der Waals surface area contributed by atoms with E-state index in [2.05, 4.69) is 28.1 Å². The highest BCUT2D eigenvalue weighted by atomic mass is 79.9. The average Bonchev–Trinajstić information content (AvgIpc) is 2.84. The molecule has 0 amide bonds. The molecule has 7 heteroatoms. The van der Waals surface area contributed by atoms with Crippen LogP contribution in [0.5, 0.6) is 5.75 Å². The molecule has 0 saturated carbocycles. The number of rotatable bonds is 7. The number of hydrogen-bond donors (Lipinski definition) is 1. The Morgan fingerprint density at radius 2 is 2.03 bits per heavy atom. The van der Waals surface area contributed by atoms with Gasteiger partial charge in [-0.15, -0.1) is 0 Å². The first kappa shape index (κ1) is 26.8. The quantitative estimate of drug-likeness (QED) is 0.398. The Kier molecular flexibility index (Phi) is 8.53. The van der Waals surface area contributed by atoms with Gasteiger partial charge in [0.15, 0.2) is 6.10 Å². The van der Waals surface area contributed by atoms with E-state index in [1.54, 1.807) is 0 Å². The lowest BCUT2D eigenvalue weighted by atomic mass is 9.91. The molecular formula is C29H36BrNO5. The largest absolute Gasteiger partial charge is 0.493 e. The van der Waals surface area contributed by atoms with Crippen LogP contribution in [-0.2, 0) is 20.7 Å². The first-order valence-corrected chi connectivity index (χ1v) is 13.5. The Bertz CT molecular complexity index is 1130. The molecule has 36 heavy (non-hydrogen) atoms. The van der Waals surface area contributed by atoms with Crippen molar-refractivity contribution in [2.75, 3.05) is 19.8 Å². The lowest BCUT2D eigenvalue weighted by Gasteiger charge is -2.28. The van der Waals surface area contributed by atoms with Crippen molar-refractivity contribution in [3.8, 4) is 16.9 Å². The highest BCUT2D eigenvalue weighted by Crippen LogP contribution is 2.42. The number of fused-ring (bicyclic) bond motifs is 1. The summed E-state index contributed by atoms with van der Waals surface area (Å²) in [6.07, 6.45) is 8.07. The summed E-state index contributed by atoms with van der Waals surface area (Å²) in [6.45, 7) is 9.83. The standard InChI is InChI=1S/C29H36BrNO5/c1-18-24(27(28(32)33)36-29(2,3)4)25(21-10-11-23-20(17-21)8-6-14-35-23)26(30)22(31-18)9-5-7-19-12-15-34-16-13-19/h5,9-11,17,19,27H,6-8,12-16H2,1-4H3,(H,32,33). The van der Waals surface area contributed by atoms with Gasteiger partial charge in [-0.05, 0) is 111 Å². The lowest BCUT2D eigenvalue weighted by molar-refractivity contribution is -0.160. The number of aliphatic carboxylic acids is 1. The van der Waals surface area contributed by atoms with Gasteiger partial charge in [-0.3, -0.25) is 4.98 Å². The highest BCUT2D eigenvalue weighted by Gasteiger charge is 2.33. The molecule has 1 fully saturated rings. The number of aromatic nitrogens is 1. The topological polar surface area (TPSA) is 77.9 Å². The number of allylic oxidation sites excluding steroid dienone is 1. The smallest absolute Gasteiger partial charge is 0.337 e. The van der Waals surface area contributed by atoms with E-state index >= 15 is 0 Å². The van der Waals surface area contributed by atoms with Crippen LogP contribution in [0.15, 0.2) is 28.7 Å².